The van der Waals surface area contributed by atoms with Gasteiger partial charge in [0.2, 0.25) is 0 Å². The standard InChI is InChI=1S/C32H33N3O4S/c36-32(33-19-28-21-37-30-8-4-5-9-31(30)39-28)22-38-29-11-10-24(25-12-17-40-23-25)18-26(29)20-34-13-15-35(16-14-34)27-6-2-1-3-7-27/h1-12,17-18,23,28H,13-16,19-22H2,(H,33,36)/t28-/m0/s1. The van der Waals surface area contributed by atoms with Crippen LogP contribution < -0.4 is 24.4 Å². The maximum absolute atomic E-state index is 12.7. The van der Waals surface area contributed by atoms with E-state index in [4.69, 9.17) is 14.2 Å². The molecule has 0 saturated carbocycles. The van der Waals surface area contributed by atoms with Crippen LogP contribution in [0.3, 0.4) is 0 Å². The minimum atomic E-state index is -0.242. The molecule has 0 unspecified atom stereocenters. The van der Waals surface area contributed by atoms with Crippen molar-refractivity contribution in [1.82, 2.24) is 10.2 Å². The summed E-state index contributed by atoms with van der Waals surface area (Å²) in [6.07, 6.45) is -0.242. The van der Waals surface area contributed by atoms with Crippen LogP contribution in [0.4, 0.5) is 5.69 Å². The highest BCUT2D eigenvalue weighted by atomic mass is 32.1. The van der Waals surface area contributed by atoms with Crippen molar-refractivity contribution in [2.45, 2.75) is 12.6 Å². The molecule has 8 heteroatoms. The third-order valence-corrected chi connectivity index (χ3v) is 7.94. The number of benzene rings is 3. The molecule has 1 saturated heterocycles. The van der Waals surface area contributed by atoms with Gasteiger partial charge in [-0.3, -0.25) is 9.69 Å². The topological polar surface area (TPSA) is 63.3 Å². The summed E-state index contributed by atoms with van der Waals surface area (Å²) in [7, 11) is 0. The van der Waals surface area contributed by atoms with Crippen molar-refractivity contribution in [2.75, 3.05) is 50.8 Å². The summed E-state index contributed by atoms with van der Waals surface area (Å²) in [5.41, 5.74) is 4.71. The van der Waals surface area contributed by atoms with Gasteiger partial charge >= 0.3 is 0 Å². The number of ether oxygens (including phenoxy) is 3. The number of anilines is 1. The van der Waals surface area contributed by atoms with E-state index >= 15 is 0 Å². The number of nitrogens with one attached hydrogen (secondary N) is 1. The Morgan fingerprint density at radius 3 is 2.52 bits per heavy atom. The van der Waals surface area contributed by atoms with Crippen LogP contribution in [0.15, 0.2) is 89.6 Å². The molecule has 1 atom stereocenters. The van der Waals surface area contributed by atoms with E-state index < -0.39 is 0 Å². The molecule has 2 aliphatic heterocycles. The quantitative estimate of drug-likeness (QED) is 0.311. The van der Waals surface area contributed by atoms with Crippen LogP contribution in [0.25, 0.3) is 11.1 Å². The maximum atomic E-state index is 12.7. The van der Waals surface area contributed by atoms with E-state index in [-0.39, 0.29) is 18.6 Å². The molecule has 2 aliphatic rings. The lowest BCUT2D eigenvalue weighted by Gasteiger charge is -2.36. The van der Waals surface area contributed by atoms with E-state index in [1.807, 2.05) is 30.3 Å². The second kappa shape index (κ2) is 12.4. The predicted molar refractivity (Wildman–Crippen MR) is 159 cm³/mol. The minimum absolute atomic E-state index is 0.0588. The first-order chi connectivity index (χ1) is 19.7. The van der Waals surface area contributed by atoms with E-state index in [0.29, 0.717) is 18.9 Å². The molecule has 1 N–H and O–H groups in total. The van der Waals surface area contributed by atoms with E-state index in [0.717, 1.165) is 55.3 Å². The Morgan fingerprint density at radius 2 is 1.73 bits per heavy atom. The highest BCUT2D eigenvalue weighted by Gasteiger charge is 2.22. The Labute approximate surface area is 238 Å². The number of carbonyl (C=O) groups excluding carboxylic acids is 1. The fourth-order valence-electron chi connectivity index (χ4n) is 5.08. The molecule has 0 aliphatic carbocycles. The van der Waals surface area contributed by atoms with Gasteiger partial charge in [0.1, 0.15) is 18.5 Å². The molecule has 4 aromatic rings. The lowest BCUT2D eigenvalue weighted by molar-refractivity contribution is -0.123. The Morgan fingerprint density at radius 1 is 0.925 bits per heavy atom. The fourth-order valence-corrected chi connectivity index (χ4v) is 5.75. The van der Waals surface area contributed by atoms with Gasteiger partial charge in [0.05, 0.1) is 6.54 Å². The zero-order valence-electron chi connectivity index (χ0n) is 22.3. The zero-order chi connectivity index (χ0) is 27.1. The smallest absolute Gasteiger partial charge is 0.258 e. The van der Waals surface area contributed by atoms with Crippen LogP contribution in [0.1, 0.15) is 5.56 Å². The van der Waals surface area contributed by atoms with Crippen molar-refractivity contribution in [2.24, 2.45) is 0 Å². The first-order valence-electron chi connectivity index (χ1n) is 13.7. The number of amides is 1. The van der Waals surface area contributed by atoms with Crippen LogP contribution in [0.2, 0.25) is 0 Å². The highest BCUT2D eigenvalue weighted by molar-refractivity contribution is 7.08. The van der Waals surface area contributed by atoms with Gasteiger partial charge in [0, 0.05) is 44.0 Å². The number of nitrogens with zero attached hydrogens (tertiary/aromatic N) is 2. The van der Waals surface area contributed by atoms with Crippen LogP contribution >= 0.6 is 11.3 Å². The number of thiophene rings is 1. The zero-order valence-corrected chi connectivity index (χ0v) is 23.1. The van der Waals surface area contributed by atoms with Crippen molar-refractivity contribution < 1.29 is 19.0 Å². The number of carbonyl (C=O) groups is 1. The van der Waals surface area contributed by atoms with E-state index in [1.165, 1.54) is 11.3 Å². The first kappa shape index (κ1) is 26.2. The van der Waals surface area contributed by atoms with Gasteiger partial charge in [-0.2, -0.15) is 11.3 Å². The molecule has 40 heavy (non-hydrogen) atoms. The molecule has 3 heterocycles. The van der Waals surface area contributed by atoms with Crippen molar-refractivity contribution in [3.63, 3.8) is 0 Å². The monoisotopic (exact) mass is 555 g/mol. The summed E-state index contributed by atoms with van der Waals surface area (Å²) in [6.45, 7) is 5.33. The van der Waals surface area contributed by atoms with Gasteiger partial charge in [-0.1, -0.05) is 36.4 Å². The number of para-hydroxylation sites is 3. The number of rotatable bonds is 9. The number of piperazine rings is 1. The average Bonchev–Trinajstić information content (AvgIpc) is 3.55. The number of fused-ring (bicyclic) bond motifs is 1. The molecule has 0 spiro atoms. The predicted octanol–water partition coefficient (Wildman–Crippen LogP) is 5.07. The Hall–Kier alpha value is -4.01. The summed E-state index contributed by atoms with van der Waals surface area (Å²) < 4.78 is 17.8. The van der Waals surface area contributed by atoms with Crippen molar-refractivity contribution >= 4 is 22.9 Å². The Kier molecular flexibility index (Phi) is 8.16. The van der Waals surface area contributed by atoms with Crippen molar-refractivity contribution in [1.29, 1.82) is 0 Å². The van der Waals surface area contributed by atoms with Gasteiger partial charge in [-0.15, -0.1) is 0 Å². The third kappa shape index (κ3) is 6.41. The summed E-state index contributed by atoms with van der Waals surface area (Å²) >= 11 is 1.69. The second-order valence-electron chi connectivity index (χ2n) is 10.0. The van der Waals surface area contributed by atoms with Gasteiger partial charge < -0.3 is 24.4 Å². The number of hydrogen-bond acceptors (Lipinski definition) is 7. The number of hydrogen-bond donors (Lipinski definition) is 1. The first-order valence-corrected chi connectivity index (χ1v) is 14.6. The molecule has 6 rings (SSSR count). The molecule has 7 nitrogen and oxygen atoms in total. The third-order valence-electron chi connectivity index (χ3n) is 7.26. The maximum Gasteiger partial charge on any atom is 0.258 e. The minimum Gasteiger partial charge on any atom is -0.486 e. The van der Waals surface area contributed by atoms with Gasteiger partial charge in [0.25, 0.3) is 5.91 Å². The normalized spacial score (nSPS) is 16.9. The fraction of sp³-hybridized carbons (Fsp3) is 0.281. The van der Waals surface area contributed by atoms with E-state index in [1.54, 1.807) is 11.3 Å². The van der Waals surface area contributed by atoms with Crippen molar-refractivity contribution in [3.05, 3.63) is 95.2 Å². The average molecular weight is 556 g/mol. The molecule has 1 fully saturated rings. The van der Waals surface area contributed by atoms with Crippen LogP contribution in [0.5, 0.6) is 17.2 Å². The molecular formula is C32H33N3O4S. The lowest BCUT2D eigenvalue weighted by Crippen LogP contribution is -2.46. The SMILES string of the molecule is O=C(COc1ccc(-c2ccsc2)cc1CN1CCN(c2ccccc2)CC1)NC[C@H]1COc2ccccc2O1. The molecule has 206 valence electrons. The Balaban J connectivity index is 1.06. The van der Waals surface area contributed by atoms with E-state index in [2.05, 4.69) is 74.4 Å². The molecule has 1 aromatic heterocycles. The molecular weight excluding hydrogens is 522 g/mol. The molecule has 1 amide bonds. The molecule has 3 aromatic carbocycles. The summed E-state index contributed by atoms with van der Waals surface area (Å²) in [4.78, 5) is 17.6. The summed E-state index contributed by atoms with van der Waals surface area (Å²) in [5, 5.41) is 7.17. The van der Waals surface area contributed by atoms with Crippen LogP contribution in [0, 0.1) is 0 Å². The van der Waals surface area contributed by atoms with Gasteiger partial charge in [0.15, 0.2) is 18.1 Å². The Bertz CT molecular complexity index is 1400. The molecule has 0 bridgehead atoms. The van der Waals surface area contributed by atoms with Crippen LogP contribution in [-0.2, 0) is 11.3 Å². The second-order valence-corrected chi connectivity index (χ2v) is 10.8. The van der Waals surface area contributed by atoms with Crippen LogP contribution in [-0.4, -0.2) is 62.8 Å². The van der Waals surface area contributed by atoms with Crippen molar-refractivity contribution in [3.8, 4) is 28.4 Å². The van der Waals surface area contributed by atoms with Gasteiger partial charge in [-0.05, 0) is 64.4 Å². The summed E-state index contributed by atoms with van der Waals surface area (Å²) in [6, 6.07) is 26.5. The highest BCUT2D eigenvalue weighted by Crippen LogP contribution is 2.31. The van der Waals surface area contributed by atoms with Gasteiger partial charge in [-0.25, -0.2) is 0 Å². The summed E-state index contributed by atoms with van der Waals surface area (Å²) in [5.74, 6) is 1.98. The molecule has 0 radical (unpaired) electrons. The largest absolute Gasteiger partial charge is 0.486 e. The van der Waals surface area contributed by atoms with E-state index in [9.17, 15) is 4.79 Å². The lowest BCUT2D eigenvalue weighted by atomic mass is 10.0.